The van der Waals surface area contributed by atoms with Gasteiger partial charge in [0.2, 0.25) is 0 Å². The smallest absolute Gasteiger partial charge is 0.254 e. The molecule has 1 aromatic carbocycles. The summed E-state index contributed by atoms with van der Waals surface area (Å²) in [6.07, 6.45) is 1.71. The molecule has 1 aliphatic heterocycles. The monoisotopic (exact) mass is 312 g/mol. The lowest BCUT2D eigenvalue weighted by atomic mass is 10.1. The van der Waals surface area contributed by atoms with E-state index in [0.717, 1.165) is 17.0 Å². The predicted octanol–water partition coefficient (Wildman–Crippen LogP) is 2.44. The number of aryl methyl sites for hydroxylation is 1. The number of morpholine rings is 1. The maximum Gasteiger partial charge on any atom is 0.254 e. The highest BCUT2D eigenvalue weighted by atomic mass is 16.5. The van der Waals surface area contributed by atoms with Crippen molar-refractivity contribution in [3.8, 4) is 5.75 Å². The second kappa shape index (κ2) is 7.24. The summed E-state index contributed by atoms with van der Waals surface area (Å²) in [5, 5.41) is 0. The van der Waals surface area contributed by atoms with E-state index >= 15 is 0 Å². The maximum atomic E-state index is 12.5. The van der Waals surface area contributed by atoms with Gasteiger partial charge in [-0.15, -0.1) is 0 Å². The van der Waals surface area contributed by atoms with Crippen molar-refractivity contribution < 1.29 is 14.3 Å². The van der Waals surface area contributed by atoms with Crippen molar-refractivity contribution in [1.29, 1.82) is 0 Å². The number of aromatic nitrogens is 1. The Kier molecular flexibility index (Phi) is 4.88. The lowest BCUT2D eigenvalue weighted by Crippen LogP contribution is -2.40. The highest BCUT2D eigenvalue weighted by Crippen LogP contribution is 2.14. The molecule has 0 atom stereocenters. The van der Waals surface area contributed by atoms with Crippen LogP contribution in [0, 0.1) is 6.92 Å². The average molecular weight is 312 g/mol. The highest BCUT2D eigenvalue weighted by molar-refractivity contribution is 5.94. The van der Waals surface area contributed by atoms with Crippen LogP contribution in [0.15, 0.2) is 42.6 Å². The Balaban J connectivity index is 1.64. The van der Waals surface area contributed by atoms with Gasteiger partial charge in [-0.25, -0.2) is 0 Å². The fourth-order valence-corrected chi connectivity index (χ4v) is 2.45. The fourth-order valence-electron chi connectivity index (χ4n) is 2.45. The molecule has 23 heavy (non-hydrogen) atoms. The first kappa shape index (κ1) is 15.5. The van der Waals surface area contributed by atoms with E-state index in [9.17, 15) is 4.79 Å². The molecule has 0 radical (unpaired) electrons. The number of ether oxygens (including phenoxy) is 2. The molecule has 0 unspecified atom stereocenters. The number of hydrogen-bond donors (Lipinski definition) is 0. The molecular weight excluding hydrogens is 292 g/mol. The van der Waals surface area contributed by atoms with Crippen molar-refractivity contribution in [2.45, 2.75) is 13.5 Å². The van der Waals surface area contributed by atoms with Crippen molar-refractivity contribution in [1.82, 2.24) is 9.88 Å². The maximum absolute atomic E-state index is 12.5. The zero-order chi connectivity index (χ0) is 16.1. The van der Waals surface area contributed by atoms with E-state index in [2.05, 4.69) is 4.98 Å². The van der Waals surface area contributed by atoms with E-state index in [0.29, 0.717) is 38.5 Å². The molecular formula is C18H20N2O3. The van der Waals surface area contributed by atoms with Gasteiger partial charge in [-0.2, -0.15) is 0 Å². The Labute approximate surface area is 135 Å². The van der Waals surface area contributed by atoms with Crippen LogP contribution < -0.4 is 4.74 Å². The Hall–Kier alpha value is -2.40. The van der Waals surface area contributed by atoms with Crippen molar-refractivity contribution in [2.24, 2.45) is 0 Å². The van der Waals surface area contributed by atoms with E-state index in [-0.39, 0.29) is 5.91 Å². The van der Waals surface area contributed by atoms with Gasteiger partial charge in [0.1, 0.15) is 12.4 Å². The number of nitrogens with zero attached hydrogens (tertiary/aromatic N) is 2. The van der Waals surface area contributed by atoms with Crippen LogP contribution in [0.5, 0.6) is 5.75 Å². The van der Waals surface area contributed by atoms with Crippen LogP contribution in [0.1, 0.15) is 21.6 Å². The molecule has 1 aliphatic rings. The van der Waals surface area contributed by atoms with Gasteiger partial charge in [-0.1, -0.05) is 12.1 Å². The number of carbonyl (C=O) groups is 1. The van der Waals surface area contributed by atoms with Crippen LogP contribution in [0.25, 0.3) is 0 Å². The molecule has 120 valence electrons. The molecule has 0 saturated carbocycles. The normalized spacial score (nSPS) is 14.6. The van der Waals surface area contributed by atoms with Crippen LogP contribution in [-0.2, 0) is 11.3 Å². The molecule has 1 fully saturated rings. The Morgan fingerprint density at radius 2 is 2.09 bits per heavy atom. The van der Waals surface area contributed by atoms with Crippen molar-refractivity contribution >= 4 is 5.91 Å². The van der Waals surface area contributed by atoms with Gasteiger partial charge in [-0.05, 0) is 36.8 Å². The van der Waals surface area contributed by atoms with E-state index < -0.39 is 0 Å². The SMILES string of the molecule is Cc1ccc(OCc2cccc(C(=O)N3CCOCC3)c2)cn1. The zero-order valence-electron chi connectivity index (χ0n) is 13.2. The standard InChI is InChI=1S/C18H20N2O3/c1-14-5-6-17(12-19-14)23-13-15-3-2-4-16(11-15)18(21)20-7-9-22-10-8-20/h2-6,11-12H,7-10,13H2,1H3. The Morgan fingerprint density at radius 1 is 1.26 bits per heavy atom. The van der Waals surface area contributed by atoms with E-state index in [1.807, 2.05) is 48.2 Å². The van der Waals surface area contributed by atoms with Gasteiger partial charge in [0.05, 0.1) is 19.4 Å². The summed E-state index contributed by atoms with van der Waals surface area (Å²) in [4.78, 5) is 18.5. The number of amides is 1. The highest BCUT2D eigenvalue weighted by Gasteiger charge is 2.18. The van der Waals surface area contributed by atoms with Gasteiger partial charge < -0.3 is 14.4 Å². The Morgan fingerprint density at radius 3 is 2.83 bits per heavy atom. The summed E-state index contributed by atoms with van der Waals surface area (Å²) in [6.45, 7) is 4.85. The summed E-state index contributed by atoms with van der Waals surface area (Å²) < 4.78 is 11.0. The molecule has 5 heteroatoms. The van der Waals surface area contributed by atoms with Crippen LogP contribution in [-0.4, -0.2) is 42.1 Å². The van der Waals surface area contributed by atoms with Crippen molar-refractivity contribution in [3.63, 3.8) is 0 Å². The van der Waals surface area contributed by atoms with Crippen molar-refractivity contribution in [2.75, 3.05) is 26.3 Å². The molecule has 1 saturated heterocycles. The van der Waals surface area contributed by atoms with E-state index in [4.69, 9.17) is 9.47 Å². The number of hydrogen-bond acceptors (Lipinski definition) is 4. The first-order chi connectivity index (χ1) is 11.2. The molecule has 0 spiro atoms. The van der Waals surface area contributed by atoms with Crippen LogP contribution in [0.3, 0.4) is 0 Å². The van der Waals surface area contributed by atoms with Gasteiger partial charge >= 0.3 is 0 Å². The van der Waals surface area contributed by atoms with E-state index in [1.165, 1.54) is 0 Å². The summed E-state index contributed by atoms with van der Waals surface area (Å²) in [7, 11) is 0. The summed E-state index contributed by atoms with van der Waals surface area (Å²) in [5.74, 6) is 0.771. The lowest BCUT2D eigenvalue weighted by Gasteiger charge is -2.27. The quantitative estimate of drug-likeness (QED) is 0.870. The molecule has 1 aromatic heterocycles. The van der Waals surface area contributed by atoms with Crippen LogP contribution in [0.2, 0.25) is 0 Å². The number of pyridine rings is 1. The fraction of sp³-hybridized carbons (Fsp3) is 0.333. The summed E-state index contributed by atoms with van der Waals surface area (Å²) in [5.41, 5.74) is 2.61. The first-order valence-electron chi connectivity index (χ1n) is 7.74. The Bertz CT molecular complexity index is 664. The van der Waals surface area contributed by atoms with Gasteiger partial charge in [0.25, 0.3) is 5.91 Å². The molecule has 2 aromatic rings. The zero-order valence-corrected chi connectivity index (χ0v) is 13.2. The molecule has 0 aliphatic carbocycles. The minimum atomic E-state index is 0.0483. The average Bonchev–Trinajstić information content (AvgIpc) is 2.61. The largest absolute Gasteiger partial charge is 0.487 e. The topological polar surface area (TPSA) is 51.7 Å². The second-order valence-electron chi connectivity index (χ2n) is 5.53. The third kappa shape index (κ3) is 4.07. The number of rotatable bonds is 4. The van der Waals surface area contributed by atoms with Crippen LogP contribution >= 0.6 is 0 Å². The predicted molar refractivity (Wildman–Crippen MR) is 86.5 cm³/mol. The molecule has 0 N–H and O–H groups in total. The molecule has 1 amide bonds. The van der Waals surface area contributed by atoms with Gasteiger partial charge in [0, 0.05) is 24.3 Å². The van der Waals surface area contributed by atoms with Crippen LogP contribution in [0.4, 0.5) is 0 Å². The third-order valence-corrected chi connectivity index (χ3v) is 3.76. The molecule has 3 rings (SSSR count). The minimum Gasteiger partial charge on any atom is -0.487 e. The number of carbonyl (C=O) groups excluding carboxylic acids is 1. The van der Waals surface area contributed by atoms with Gasteiger partial charge in [-0.3, -0.25) is 9.78 Å². The number of benzene rings is 1. The molecule has 0 bridgehead atoms. The first-order valence-corrected chi connectivity index (χ1v) is 7.74. The second-order valence-corrected chi connectivity index (χ2v) is 5.53. The van der Waals surface area contributed by atoms with E-state index in [1.54, 1.807) is 6.20 Å². The molecule has 2 heterocycles. The third-order valence-electron chi connectivity index (χ3n) is 3.76. The van der Waals surface area contributed by atoms with Crippen molar-refractivity contribution in [3.05, 3.63) is 59.4 Å². The van der Waals surface area contributed by atoms with Gasteiger partial charge in [0.15, 0.2) is 0 Å². The summed E-state index contributed by atoms with van der Waals surface area (Å²) >= 11 is 0. The summed E-state index contributed by atoms with van der Waals surface area (Å²) in [6, 6.07) is 11.4. The molecule has 5 nitrogen and oxygen atoms in total. The lowest BCUT2D eigenvalue weighted by molar-refractivity contribution is 0.0303. The minimum absolute atomic E-state index is 0.0483.